The van der Waals surface area contributed by atoms with Crippen LogP contribution in [0, 0.1) is 0 Å². The van der Waals surface area contributed by atoms with Gasteiger partial charge in [0.05, 0.1) is 37.2 Å². The Morgan fingerprint density at radius 2 is 2.04 bits per heavy atom. The first kappa shape index (κ1) is 16.1. The molecule has 132 valence electrons. The van der Waals surface area contributed by atoms with Crippen LogP contribution in [0.2, 0.25) is 0 Å². The Morgan fingerprint density at radius 1 is 1.19 bits per heavy atom. The quantitative estimate of drug-likeness (QED) is 0.777. The van der Waals surface area contributed by atoms with E-state index < -0.39 is 0 Å². The lowest BCUT2D eigenvalue weighted by Gasteiger charge is -2.18. The Kier molecular flexibility index (Phi) is 3.80. The molecule has 0 aliphatic carbocycles. The number of rotatable bonds is 4. The number of hydrogen-bond donors (Lipinski definition) is 1. The molecule has 4 rings (SSSR count). The molecule has 1 amide bonds. The van der Waals surface area contributed by atoms with Gasteiger partial charge in [-0.3, -0.25) is 14.8 Å². The molecule has 3 aromatic rings. The highest BCUT2D eigenvalue weighted by atomic mass is 16.5. The van der Waals surface area contributed by atoms with E-state index in [0.29, 0.717) is 34.4 Å². The summed E-state index contributed by atoms with van der Waals surface area (Å²) in [5, 5.41) is 6.85. The minimum atomic E-state index is -0.214. The summed E-state index contributed by atoms with van der Waals surface area (Å²) < 4.78 is 10.5. The third-order valence-electron chi connectivity index (χ3n) is 4.42. The van der Waals surface area contributed by atoms with Crippen LogP contribution in [0.25, 0.3) is 11.3 Å². The zero-order valence-corrected chi connectivity index (χ0v) is 14.6. The number of ether oxygens (including phenoxy) is 2. The number of hydrogen-bond acceptors (Lipinski definition) is 6. The van der Waals surface area contributed by atoms with Crippen LogP contribution < -0.4 is 14.4 Å². The average molecular weight is 351 g/mol. The van der Waals surface area contributed by atoms with Crippen LogP contribution in [-0.2, 0) is 0 Å². The first-order chi connectivity index (χ1) is 12.6. The van der Waals surface area contributed by atoms with Crippen molar-refractivity contribution in [2.75, 3.05) is 19.1 Å². The van der Waals surface area contributed by atoms with Crippen molar-refractivity contribution in [3.63, 3.8) is 0 Å². The highest BCUT2D eigenvalue weighted by Gasteiger charge is 2.37. The SMILES string of the molecule is COc1cc(-c2ccc3c(n2)[C@H](C)N(c2cc[nH]n2)C3=O)cnc1OC. The maximum absolute atomic E-state index is 12.7. The van der Waals surface area contributed by atoms with E-state index in [0.717, 1.165) is 5.56 Å². The second-order valence-electron chi connectivity index (χ2n) is 5.85. The molecule has 1 aliphatic rings. The van der Waals surface area contributed by atoms with Gasteiger partial charge in [0, 0.05) is 24.0 Å². The van der Waals surface area contributed by atoms with Gasteiger partial charge in [0.1, 0.15) is 0 Å². The molecule has 0 fully saturated rings. The average Bonchev–Trinajstić information content (AvgIpc) is 3.28. The van der Waals surface area contributed by atoms with Crippen LogP contribution in [0.5, 0.6) is 11.6 Å². The van der Waals surface area contributed by atoms with Crippen molar-refractivity contribution in [3.8, 4) is 22.9 Å². The van der Waals surface area contributed by atoms with Gasteiger partial charge in [-0.1, -0.05) is 0 Å². The summed E-state index contributed by atoms with van der Waals surface area (Å²) in [5.41, 5.74) is 2.78. The fraction of sp³-hybridized carbons (Fsp3) is 0.222. The Labute approximate surface area is 149 Å². The summed E-state index contributed by atoms with van der Waals surface area (Å²) in [6.07, 6.45) is 3.36. The first-order valence-corrected chi connectivity index (χ1v) is 8.06. The number of H-pyrrole nitrogens is 1. The van der Waals surface area contributed by atoms with Crippen molar-refractivity contribution in [1.82, 2.24) is 20.2 Å². The molecule has 4 heterocycles. The van der Waals surface area contributed by atoms with E-state index >= 15 is 0 Å². The number of nitrogens with one attached hydrogen (secondary N) is 1. The number of nitrogens with zero attached hydrogens (tertiary/aromatic N) is 4. The van der Waals surface area contributed by atoms with Gasteiger partial charge >= 0.3 is 0 Å². The van der Waals surface area contributed by atoms with E-state index in [1.165, 1.54) is 7.11 Å². The van der Waals surface area contributed by atoms with Crippen LogP contribution in [0.1, 0.15) is 29.0 Å². The smallest absolute Gasteiger partial charge is 0.262 e. The van der Waals surface area contributed by atoms with E-state index in [2.05, 4.69) is 15.2 Å². The van der Waals surface area contributed by atoms with Gasteiger partial charge in [0.25, 0.3) is 11.8 Å². The molecule has 26 heavy (non-hydrogen) atoms. The standard InChI is InChI=1S/C18H17N5O3/c1-10-16-12(18(24)23(10)15-6-7-20-22-15)4-5-13(21-16)11-8-14(25-2)17(26-3)19-9-11/h4-10H,1-3H3,(H,20,22)/t10-/m0/s1. The van der Waals surface area contributed by atoms with Crippen molar-refractivity contribution in [3.05, 3.63) is 47.9 Å². The highest BCUT2D eigenvalue weighted by Crippen LogP contribution is 2.37. The van der Waals surface area contributed by atoms with Crippen LogP contribution in [-0.4, -0.2) is 40.3 Å². The lowest BCUT2D eigenvalue weighted by Crippen LogP contribution is -2.26. The van der Waals surface area contributed by atoms with Gasteiger partial charge in [-0.15, -0.1) is 0 Å². The van der Waals surface area contributed by atoms with Gasteiger partial charge in [-0.2, -0.15) is 5.10 Å². The number of carbonyl (C=O) groups excluding carboxylic acids is 1. The molecule has 8 heteroatoms. The fourth-order valence-electron chi connectivity index (χ4n) is 3.12. The zero-order valence-electron chi connectivity index (χ0n) is 14.6. The fourth-order valence-corrected chi connectivity index (χ4v) is 3.12. The third kappa shape index (κ3) is 2.38. The number of amides is 1. The zero-order chi connectivity index (χ0) is 18.3. The first-order valence-electron chi connectivity index (χ1n) is 8.06. The molecule has 1 N–H and O–H groups in total. The molecule has 8 nitrogen and oxygen atoms in total. The molecular weight excluding hydrogens is 334 g/mol. The molecule has 0 unspecified atom stereocenters. The van der Waals surface area contributed by atoms with Crippen LogP contribution in [0.3, 0.4) is 0 Å². The second-order valence-corrected chi connectivity index (χ2v) is 5.85. The molecule has 1 aliphatic heterocycles. The lowest BCUT2D eigenvalue weighted by molar-refractivity contribution is 0.0991. The largest absolute Gasteiger partial charge is 0.491 e. The normalized spacial score (nSPS) is 15.9. The summed E-state index contributed by atoms with van der Waals surface area (Å²) >= 11 is 0. The highest BCUT2D eigenvalue weighted by molar-refractivity contribution is 6.10. The molecule has 0 aromatic carbocycles. The van der Waals surface area contributed by atoms with Gasteiger partial charge in [0.2, 0.25) is 0 Å². The van der Waals surface area contributed by atoms with Gasteiger partial charge in [0.15, 0.2) is 11.6 Å². The van der Waals surface area contributed by atoms with E-state index in [1.807, 2.05) is 13.0 Å². The number of pyridine rings is 2. The summed E-state index contributed by atoms with van der Waals surface area (Å²) in [6, 6.07) is 6.96. The van der Waals surface area contributed by atoms with Gasteiger partial charge in [-0.05, 0) is 25.1 Å². The lowest BCUT2D eigenvalue weighted by atomic mass is 10.1. The molecule has 0 radical (unpaired) electrons. The van der Waals surface area contributed by atoms with E-state index in [9.17, 15) is 4.79 Å². The molecule has 1 atom stereocenters. The number of anilines is 1. The number of carbonyl (C=O) groups is 1. The number of aromatic nitrogens is 4. The maximum atomic E-state index is 12.7. The monoisotopic (exact) mass is 351 g/mol. The minimum Gasteiger partial charge on any atom is -0.491 e. The molecule has 0 saturated heterocycles. The van der Waals surface area contributed by atoms with E-state index in [1.54, 1.807) is 42.6 Å². The Morgan fingerprint density at radius 3 is 2.73 bits per heavy atom. The predicted octanol–water partition coefficient (Wildman–Crippen LogP) is 2.61. The van der Waals surface area contributed by atoms with E-state index in [-0.39, 0.29) is 11.9 Å². The molecule has 0 spiro atoms. The topological polar surface area (TPSA) is 93.2 Å². The van der Waals surface area contributed by atoms with Crippen molar-refractivity contribution in [2.24, 2.45) is 0 Å². The Hall–Kier alpha value is -3.42. The Bertz CT molecular complexity index is 971. The van der Waals surface area contributed by atoms with Crippen LogP contribution >= 0.6 is 0 Å². The summed E-state index contributed by atoms with van der Waals surface area (Å²) in [4.78, 5) is 23.3. The van der Waals surface area contributed by atoms with Crippen LogP contribution in [0.15, 0.2) is 36.7 Å². The maximum Gasteiger partial charge on any atom is 0.262 e. The van der Waals surface area contributed by atoms with Crippen molar-refractivity contribution in [2.45, 2.75) is 13.0 Å². The molecule has 0 bridgehead atoms. The van der Waals surface area contributed by atoms with Crippen LogP contribution in [0.4, 0.5) is 5.82 Å². The number of aromatic amines is 1. The van der Waals surface area contributed by atoms with Gasteiger partial charge < -0.3 is 9.47 Å². The van der Waals surface area contributed by atoms with Crippen molar-refractivity contribution in [1.29, 1.82) is 0 Å². The number of fused-ring (bicyclic) bond motifs is 1. The molecule has 3 aromatic heterocycles. The van der Waals surface area contributed by atoms with Crippen molar-refractivity contribution < 1.29 is 14.3 Å². The number of methoxy groups -OCH3 is 2. The van der Waals surface area contributed by atoms with Crippen molar-refractivity contribution >= 4 is 11.7 Å². The minimum absolute atomic E-state index is 0.107. The summed E-state index contributed by atoms with van der Waals surface area (Å²) in [5.74, 6) is 1.40. The molecule has 0 saturated carbocycles. The van der Waals surface area contributed by atoms with Gasteiger partial charge in [-0.25, -0.2) is 9.97 Å². The second kappa shape index (κ2) is 6.14. The predicted molar refractivity (Wildman–Crippen MR) is 94.4 cm³/mol. The summed E-state index contributed by atoms with van der Waals surface area (Å²) in [7, 11) is 3.09. The Balaban J connectivity index is 1.75. The van der Waals surface area contributed by atoms with E-state index in [4.69, 9.17) is 14.5 Å². The summed E-state index contributed by atoms with van der Waals surface area (Å²) in [6.45, 7) is 1.93. The third-order valence-corrected chi connectivity index (χ3v) is 4.42. The molecular formula is C18H17N5O3.